The topological polar surface area (TPSA) is 21.3 Å². The number of aryl methyl sites for hydroxylation is 1. The third-order valence-electron chi connectivity index (χ3n) is 3.11. The second kappa shape index (κ2) is 7.83. The summed E-state index contributed by atoms with van der Waals surface area (Å²) in [6.07, 6.45) is 0. The number of halogens is 1. The van der Waals surface area contributed by atoms with Gasteiger partial charge in [0.1, 0.15) is 12.4 Å². The van der Waals surface area contributed by atoms with Gasteiger partial charge in [0.15, 0.2) is 0 Å². The minimum atomic E-state index is 0.590. The second-order valence-corrected chi connectivity index (χ2v) is 7.34. The summed E-state index contributed by atoms with van der Waals surface area (Å²) in [6, 6.07) is 9.76. The summed E-state index contributed by atoms with van der Waals surface area (Å²) in [7, 11) is 0. The zero-order chi connectivity index (χ0) is 15.2. The third kappa shape index (κ3) is 5.34. The number of rotatable bonds is 7. The summed E-state index contributed by atoms with van der Waals surface area (Å²) < 4.78 is 5.81. The van der Waals surface area contributed by atoms with Crippen molar-refractivity contribution in [2.24, 2.45) is 5.92 Å². The van der Waals surface area contributed by atoms with Crippen molar-refractivity contribution in [1.29, 1.82) is 0 Å². The summed E-state index contributed by atoms with van der Waals surface area (Å²) in [4.78, 5) is 2.68. The molecule has 2 aromatic rings. The van der Waals surface area contributed by atoms with Gasteiger partial charge in [0.25, 0.3) is 0 Å². The van der Waals surface area contributed by atoms with E-state index in [1.54, 1.807) is 0 Å². The minimum Gasteiger partial charge on any atom is -0.489 e. The van der Waals surface area contributed by atoms with Gasteiger partial charge in [-0.15, -0.1) is 11.3 Å². The highest BCUT2D eigenvalue weighted by Crippen LogP contribution is 2.24. The predicted molar refractivity (Wildman–Crippen MR) is 91.4 cm³/mol. The largest absolute Gasteiger partial charge is 0.489 e. The Morgan fingerprint density at radius 1 is 1.29 bits per heavy atom. The molecule has 2 nitrogen and oxygen atoms in total. The van der Waals surface area contributed by atoms with Crippen molar-refractivity contribution >= 4 is 22.9 Å². The SMILES string of the molecule is Cc1sc(CNCC(C)C)cc1COc1cccc(Cl)c1. The highest BCUT2D eigenvalue weighted by atomic mass is 35.5. The van der Waals surface area contributed by atoms with Crippen LogP contribution in [0.4, 0.5) is 0 Å². The molecule has 0 aliphatic rings. The lowest BCUT2D eigenvalue weighted by atomic mass is 10.2. The van der Waals surface area contributed by atoms with E-state index < -0.39 is 0 Å². The molecule has 1 heterocycles. The van der Waals surface area contributed by atoms with Crippen LogP contribution in [0.1, 0.15) is 29.2 Å². The first-order valence-corrected chi connectivity index (χ1v) is 8.41. The summed E-state index contributed by atoms with van der Waals surface area (Å²) in [5.74, 6) is 1.49. The molecule has 0 atom stereocenters. The molecule has 2 rings (SSSR count). The maximum atomic E-state index is 5.96. The van der Waals surface area contributed by atoms with Gasteiger partial charge in [-0.05, 0) is 43.7 Å². The van der Waals surface area contributed by atoms with Crippen LogP contribution in [0, 0.1) is 12.8 Å². The summed E-state index contributed by atoms with van der Waals surface area (Å²) in [5, 5.41) is 4.18. The Bertz CT molecular complexity index is 580. The average Bonchev–Trinajstić information content (AvgIpc) is 2.76. The van der Waals surface area contributed by atoms with E-state index in [-0.39, 0.29) is 0 Å². The number of thiophene rings is 1. The molecular formula is C17H22ClNOS. The van der Waals surface area contributed by atoms with Crippen molar-refractivity contribution in [1.82, 2.24) is 5.32 Å². The van der Waals surface area contributed by atoms with Crippen LogP contribution in [0.2, 0.25) is 5.02 Å². The Labute approximate surface area is 136 Å². The maximum Gasteiger partial charge on any atom is 0.121 e. The fourth-order valence-corrected chi connectivity index (χ4v) is 3.22. The van der Waals surface area contributed by atoms with Crippen LogP contribution in [-0.2, 0) is 13.2 Å². The lowest BCUT2D eigenvalue weighted by Gasteiger charge is -2.06. The molecule has 1 N–H and O–H groups in total. The van der Waals surface area contributed by atoms with Crippen molar-refractivity contribution < 1.29 is 4.74 Å². The monoisotopic (exact) mass is 323 g/mol. The van der Waals surface area contributed by atoms with Gasteiger partial charge in [0.2, 0.25) is 0 Å². The number of hydrogen-bond donors (Lipinski definition) is 1. The first kappa shape index (κ1) is 16.3. The number of hydrogen-bond acceptors (Lipinski definition) is 3. The summed E-state index contributed by atoms with van der Waals surface area (Å²) >= 11 is 7.79. The van der Waals surface area contributed by atoms with E-state index in [2.05, 4.69) is 32.2 Å². The lowest BCUT2D eigenvalue weighted by Crippen LogP contribution is -2.18. The van der Waals surface area contributed by atoms with Gasteiger partial charge in [-0.3, -0.25) is 0 Å². The molecule has 0 aliphatic heterocycles. The highest BCUT2D eigenvalue weighted by molar-refractivity contribution is 7.12. The molecule has 0 amide bonds. The van der Waals surface area contributed by atoms with Crippen LogP contribution >= 0.6 is 22.9 Å². The smallest absolute Gasteiger partial charge is 0.121 e. The molecule has 0 saturated carbocycles. The molecule has 0 spiro atoms. The van der Waals surface area contributed by atoms with E-state index in [1.807, 2.05) is 35.6 Å². The zero-order valence-corrected chi connectivity index (χ0v) is 14.4. The molecule has 4 heteroatoms. The minimum absolute atomic E-state index is 0.590. The molecule has 0 radical (unpaired) electrons. The van der Waals surface area contributed by atoms with Gasteiger partial charge < -0.3 is 10.1 Å². The Balaban J connectivity index is 1.90. The summed E-state index contributed by atoms with van der Waals surface area (Å²) in [6.45, 7) is 9.15. The lowest BCUT2D eigenvalue weighted by molar-refractivity contribution is 0.306. The quantitative estimate of drug-likeness (QED) is 0.771. The predicted octanol–water partition coefficient (Wildman–Crippen LogP) is 5.03. The van der Waals surface area contributed by atoms with E-state index in [0.29, 0.717) is 17.5 Å². The standard InChI is InChI=1S/C17H22ClNOS/c1-12(2)9-19-10-17-7-14(13(3)21-17)11-20-16-6-4-5-15(18)8-16/h4-8,12,19H,9-11H2,1-3H3. The highest BCUT2D eigenvalue weighted by Gasteiger charge is 2.07. The zero-order valence-electron chi connectivity index (χ0n) is 12.8. The molecule has 1 aromatic heterocycles. The van der Waals surface area contributed by atoms with E-state index in [1.165, 1.54) is 15.3 Å². The van der Waals surface area contributed by atoms with E-state index >= 15 is 0 Å². The third-order valence-corrected chi connectivity index (χ3v) is 4.44. The van der Waals surface area contributed by atoms with Crippen LogP contribution < -0.4 is 10.1 Å². The molecule has 114 valence electrons. The van der Waals surface area contributed by atoms with Crippen LogP contribution in [0.15, 0.2) is 30.3 Å². The van der Waals surface area contributed by atoms with Crippen molar-refractivity contribution in [2.45, 2.75) is 33.9 Å². The molecule has 0 aliphatic carbocycles. The van der Waals surface area contributed by atoms with Gasteiger partial charge in [-0.25, -0.2) is 0 Å². The van der Waals surface area contributed by atoms with E-state index in [0.717, 1.165) is 18.8 Å². The molecular weight excluding hydrogens is 302 g/mol. The molecule has 0 fully saturated rings. The Morgan fingerprint density at radius 3 is 2.81 bits per heavy atom. The van der Waals surface area contributed by atoms with Crippen LogP contribution in [0.25, 0.3) is 0 Å². The average molecular weight is 324 g/mol. The molecule has 0 unspecified atom stereocenters. The van der Waals surface area contributed by atoms with Crippen molar-refractivity contribution in [3.05, 3.63) is 50.7 Å². The van der Waals surface area contributed by atoms with Crippen LogP contribution in [0.5, 0.6) is 5.75 Å². The maximum absolute atomic E-state index is 5.96. The molecule has 1 aromatic carbocycles. The van der Waals surface area contributed by atoms with Crippen molar-refractivity contribution in [3.63, 3.8) is 0 Å². The Morgan fingerprint density at radius 2 is 2.10 bits per heavy atom. The molecule has 0 bridgehead atoms. The van der Waals surface area contributed by atoms with Gasteiger partial charge in [-0.2, -0.15) is 0 Å². The molecule has 0 saturated heterocycles. The molecule has 21 heavy (non-hydrogen) atoms. The van der Waals surface area contributed by atoms with Gasteiger partial charge in [-0.1, -0.05) is 31.5 Å². The van der Waals surface area contributed by atoms with E-state index in [4.69, 9.17) is 16.3 Å². The second-order valence-electron chi connectivity index (χ2n) is 5.56. The number of benzene rings is 1. The first-order chi connectivity index (χ1) is 10.0. The Hall–Kier alpha value is -1.03. The summed E-state index contributed by atoms with van der Waals surface area (Å²) in [5.41, 5.74) is 1.25. The number of ether oxygens (including phenoxy) is 1. The first-order valence-electron chi connectivity index (χ1n) is 7.22. The van der Waals surface area contributed by atoms with Crippen molar-refractivity contribution in [3.8, 4) is 5.75 Å². The van der Waals surface area contributed by atoms with Gasteiger partial charge in [0.05, 0.1) is 0 Å². The van der Waals surface area contributed by atoms with Gasteiger partial charge >= 0.3 is 0 Å². The van der Waals surface area contributed by atoms with Gasteiger partial charge in [0, 0.05) is 26.9 Å². The fraction of sp³-hybridized carbons (Fsp3) is 0.412. The van der Waals surface area contributed by atoms with Crippen LogP contribution in [-0.4, -0.2) is 6.54 Å². The Kier molecular flexibility index (Phi) is 6.09. The number of nitrogens with one attached hydrogen (secondary N) is 1. The van der Waals surface area contributed by atoms with Crippen LogP contribution in [0.3, 0.4) is 0 Å². The van der Waals surface area contributed by atoms with Crippen molar-refractivity contribution in [2.75, 3.05) is 6.54 Å². The van der Waals surface area contributed by atoms with E-state index in [9.17, 15) is 0 Å². The fourth-order valence-electron chi connectivity index (χ4n) is 2.02. The normalized spacial score (nSPS) is 11.1.